The van der Waals surface area contributed by atoms with Gasteiger partial charge in [0.25, 0.3) is 5.91 Å². The number of hydrogen-bond acceptors (Lipinski definition) is 3. The Bertz CT molecular complexity index is 1300. The average Bonchev–Trinajstić information content (AvgIpc) is 3.16. The molecule has 36 heavy (non-hydrogen) atoms. The summed E-state index contributed by atoms with van der Waals surface area (Å²) < 4.78 is 13.5. The van der Waals surface area contributed by atoms with Crippen molar-refractivity contribution in [2.75, 3.05) is 11.4 Å². The van der Waals surface area contributed by atoms with Gasteiger partial charge >= 0.3 is 0 Å². The maximum absolute atomic E-state index is 13.7. The summed E-state index contributed by atoms with van der Waals surface area (Å²) in [6, 6.07) is 16.5. The number of halogens is 1. The molecule has 1 heterocycles. The third-order valence-electron chi connectivity index (χ3n) is 7.33. The molecular weight excluding hydrogens is 457 g/mol. The van der Waals surface area contributed by atoms with Crippen molar-refractivity contribution >= 4 is 34.2 Å². The minimum atomic E-state index is -0.750. The maximum atomic E-state index is 13.7. The second kappa shape index (κ2) is 10.1. The van der Waals surface area contributed by atoms with Gasteiger partial charge < -0.3 is 10.2 Å². The van der Waals surface area contributed by atoms with Crippen LogP contribution in [0, 0.1) is 5.82 Å². The molecule has 1 aliphatic heterocycles. The van der Waals surface area contributed by atoms with Crippen molar-refractivity contribution in [1.82, 2.24) is 10.2 Å². The van der Waals surface area contributed by atoms with Crippen LogP contribution in [0.15, 0.2) is 60.7 Å². The normalized spacial score (nSPS) is 16.3. The summed E-state index contributed by atoms with van der Waals surface area (Å²) in [5, 5.41) is 4.89. The monoisotopic (exact) mass is 487 g/mol. The highest BCUT2D eigenvalue weighted by Crippen LogP contribution is 2.37. The van der Waals surface area contributed by atoms with Crippen LogP contribution in [0.3, 0.4) is 0 Å². The van der Waals surface area contributed by atoms with Crippen molar-refractivity contribution in [1.29, 1.82) is 0 Å². The molecule has 3 aromatic carbocycles. The highest BCUT2D eigenvalue weighted by Gasteiger charge is 2.34. The van der Waals surface area contributed by atoms with Crippen LogP contribution in [0.2, 0.25) is 0 Å². The van der Waals surface area contributed by atoms with Gasteiger partial charge in [0.1, 0.15) is 18.4 Å². The van der Waals surface area contributed by atoms with E-state index < -0.39 is 6.04 Å². The van der Waals surface area contributed by atoms with E-state index >= 15 is 0 Å². The van der Waals surface area contributed by atoms with Crippen molar-refractivity contribution < 1.29 is 18.8 Å². The molecule has 1 N–H and O–H groups in total. The SMILES string of the molecule is C[C@H](C(=O)NC1CCCCC1)N(Cc1ccc(F)cc1)C(=O)CN1C(=O)c2cccc3cccc1c23. The Kier molecular flexibility index (Phi) is 6.72. The zero-order valence-electron chi connectivity index (χ0n) is 20.4. The molecule has 0 spiro atoms. The van der Waals surface area contributed by atoms with Crippen molar-refractivity contribution in [3.05, 3.63) is 77.6 Å². The number of anilines is 1. The number of carbonyl (C=O) groups is 3. The molecule has 7 heteroatoms. The van der Waals surface area contributed by atoms with Gasteiger partial charge in [-0.3, -0.25) is 19.3 Å². The van der Waals surface area contributed by atoms with E-state index in [9.17, 15) is 18.8 Å². The van der Waals surface area contributed by atoms with Crippen LogP contribution in [0.1, 0.15) is 54.9 Å². The molecule has 6 nitrogen and oxygen atoms in total. The quantitative estimate of drug-likeness (QED) is 0.520. The number of amides is 3. The van der Waals surface area contributed by atoms with Gasteiger partial charge in [0.2, 0.25) is 11.8 Å². The molecule has 2 aliphatic rings. The van der Waals surface area contributed by atoms with E-state index in [1.54, 1.807) is 25.1 Å². The predicted octanol–water partition coefficient (Wildman–Crippen LogP) is 4.81. The van der Waals surface area contributed by atoms with Crippen molar-refractivity contribution in [2.45, 2.75) is 57.7 Å². The molecule has 0 unspecified atom stereocenters. The molecule has 0 radical (unpaired) electrons. The third-order valence-corrected chi connectivity index (χ3v) is 7.33. The number of nitrogens with zero attached hydrogens (tertiary/aromatic N) is 2. The van der Waals surface area contributed by atoms with Gasteiger partial charge in [-0.2, -0.15) is 0 Å². The summed E-state index contributed by atoms with van der Waals surface area (Å²) >= 11 is 0. The summed E-state index contributed by atoms with van der Waals surface area (Å²) in [5.74, 6) is -1.15. The van der Waals surface area contributed by atoms with Gasteiger partial charge in [0, 0.05) is 23.5 Å². The molecule has 186 valence electrons. The Hall–Kier alpha value is -3.74. The Labute approximate surface area is 210 Å². The molecule has 1 atom stereocenters. The van der Waals surface area contributed by atoms with Crippen LogP contribution in [0.5, 0.6) is 0 Å². The summed E-state index contributed by atoms with van der Waals surface area (Å²) in [6.07, 6.45) is 5.22. The lowest BCUT2D eigenvalue weighted by atomic mass is 9.95. The lowest BCUT2D eigenvalue weighted by molar-refractivity contribution is -0.139. The number of nitrogens with one attached hydrogen (secondary N) is 1. The van der Waals surface area contributed by atoms with E-state index in [2.05, 4.69) is 5.32 Å². The van der Waals surface area contributed by atoms with Crippen molar-refractivity contribution in [2.24, 2.45) is 0 Å². The van der Waals surface area contributed by atoms with E-state index in [1.807, 2.05) is 30.3 Å². The fourth-order valence-corrected chi connectivity index (χ4v) is 5.30. The van der Waals surface area contributed by atoms with Crippen LogP contribution in [0.4, 0.5) is 10.1 Å². The van der Waals surface area contributed by atoms with E-state index in [0.29, 0.717) is 16.8 Å². The first-order valence-electron chi connectivity index (χ1n) is 12.6. The first kappa shape index (κ1) is 24.0. The molecule has 1 aliphatic carbocycles. The van der Waals surface area contributed by atoms with E-state index in [4.69, 9.17) is 0 Å². The largest absolute Gasteiger partial charge is 0.352 e. The first-order chi connectivity index (χ1) is 17.4. The standard InChI is InChI=1S/C29H30FN3O3/c1-19(28(35)31-23-9-3-2-4-10-23)32(17-20-13-15-22(30)16-14-20)26(34)18-33-25-12-6-8-21-7-5-11-24(27(21)25)29(33)36/h5-8,11-16,19,23H,2-4,9-10,17-18H2,1H3,(H,31,35)/t19-/m1/s1. The van der Waals surface area contributed by atoms with E-state index in [-0.39, 0.29) is 42.7 Å². The molecule has 3 aromatic rings. The minimum Gasteiger partial charge on any atom is -0.352 e. The molecule has 0 aromatic heterocycles. The number of hydrogen-bond donors (Lipinski definition) is 1. The molecular formula is C29H30FN3O3. The van der Waals surface area contributed by atoms with Crippen molar-refractivity contribution in [3.8, 4) is 0 Å². The number of carbonyl (C=O) groups excluding carboxylic acids is 3. The lowest BCUT2D eigenvalue weighted by Gasteiger charge is -2.32. The van der Waals surface area contributed by atoms with Gasteiger partial charge in [-0.1, -0.05) is 55.7 Å². The summed E-state index contributed by atoms with van der Waals surface area (Å²) in [7, 11) is 0. The molecule has 5 rings (SSSR count). The molecule has 0 saturated heterocycles. The van der Waals surface area contributed by atoms with Gasteiger partial charge in [0.15, 0.2) is 0 Å². The molecule has 1 fully saturated rings. The topological polar surface area (TPSA) is 69.7 Å². The van der Waals surface area contributed by atoms with Crippen LogP contribution in [-0.4, -0.2) is 41.2 Å². The van der Waals surface area contributed by atoms with Gasteiger partial charge in [-0.05, 0) is 55.0 Å². The first-order valence-corrected chi connectivity index (χ1v) is 12.6. The zero-order valence-corrected chi connectivity index (χ0v) is 20.4. The fraction of sp³-hybridized carbons (Fsp3) is 0.345. The van der Waals surface area contributed by atoms with Gasteiger partial charge in [-0.25, -0.2) is 4.39 Å². The van der Waals surface area contributed by atoms with Crippen LogP contribution >= 0.6 is 0 Å². The van der Waals surface area contributed by atoms with Crippen molar-refractivity contribution in [3.63, 3.8) is 0 Å². The van der Waals surface area contributed by atoms with Gasteiger partial charge in [-0.15, -0.1) is 0 Å². The highest BCUT2D eigenvalue weighted by atomic mass is 19.1. The number of benzene rings is 3. The van der Waals surface area contributed by atoms with Crippen LogP contribution in [0.25, 0.3) is 10.8 Å². The smallest absolute Gasteiger partial charge is 0.259 e. The summed E-state index contributed by atoms with van der Waals surface area (Å²) in [6.45, 7) is 1.66. The fourth-order valence-electron chi connectivity index (χ4n) is 5.30. The van der Waals surface area contributed by atoms with Crippen LogP contribution in [-0.2, 0) is 16.1 Å². The second-order valence-electron chi connectivity index (χ2n) is 9.74. The van der Waals surface area contributed by atoms with Gasteiger partial charge in [0.05, 0.1) is 5.69 Å². The maximum Gasteiger partial charge on any atom is 0.259 e. The van der Waals surface area contributed by atoms with Crippen LogP contribution < -0.4 is 10.2 Å². The molecule has 0 bridgehead atoms. The highest BCUT2D eigenvalue weighted by molar-refractivity contribution is 6.26. The van der Waals surface area contributed by atoms with E-state index in [0.717, 1.165) is 36.5 Å². The number of rotatable bonds is 7. The Balaban J connectivity index is 1.39. The Morgan fingerprint density at radius 1 is 1.03 bits per heavy atom. The Morgan fingerprint density at radius 3 is 2.44 bits per heavy atom. The lowest BCUT2D eigenvalue weighted by Crippen LogP contribution is -2.52. The molecule has 1 saturated carbocycles. The third kappa shape index (κ3) is 4.70. The summed E-state index contributed by atoms with van der Waals surface area (Å²) in [5.41, 5.74) is 1.98. The predicted molar refractivity (Wildman–Crippen MR) is 137 cm³/mol. The average molecular weight is 488 g/mol. The zero-order chi connectivity index (χ0) is 25.2. The van der Waals surface area contributed by atoms with E-state index in [1.165, 1.54) is 28.4 Å². The Morgan fingerprint density at radius 2 is 1.72 bits per heavy atom. The second-order valence-corrected chi connectivity index (χ2v) is 9.74. The molecule has 3 amide bonds. The summed E-state index contributed by atoms with van der Waals surface area (Å²) in [4.78, 5) is 43.1. The minimum absolute atomic E-state index is 0.115.